The fraction of sp³-hybridized carbons (Fsp3) is 0.300. The molecular weight excluding hydrogens is 264 g/mol. The monoisotopic (exact) mass is 274 g/mol. The molecule has 0 fully saturated rings. The summed E-state index contributed by atoms with van der Waals surface area (Å²) >= 11 is 3.22. The van der Waals surface area contributed by atoms with E-state index in [0.717, 1.165) is 4.47 Å². The van der Waals surface area contributed by atoms with Gasteiger partial charge in [0.1, 0.15) is 0 Å². The number of carboxylic acids is 1. The Kier molecular flexibility index (Phi) is 4.26. The van der Waals surface area contributed by atoms with Crippen molar-refractivity contribution in [1.29, 1.82) is 0 Å². The second-order valence-electron chi connectivity index (χ2n) is 3.02. The lowest BCUT2D eigenvalue weighted by Gasteiger charge is -2.12. The highest BCUT2D eigenvalue weighted by atomic mass is 79.9. The molecule has 0 aliphatic rings. The van der Waals surface area contributed by atoms with Crippen LogP contribution in [0.5, 0.6) is 0 Å². The number of carboxylic acid groups (broad SMARTS) is 1. The Morgan fingerprint density at radius 1 is 1.60 bits per heavy atom. The van der Waals surface area contributed by atoms with E-state index in [9.17, 15) is 9.90 Å². The topological polar surface area (TPSA) is 66.8 Å². The number of halogens is 1. The first-order valence-corrected chi connectivity index (χ1v) is 5.03. The van der Waals surface area contributed by atoms with Crippen LogP contribution in [0.4, 0.5) is 0 Å². The van der Waals surface area contributed by atoms with Gasteiger partial charge in [0.15, 0.2) is 6.10 Å². The first-order valence-electron chi connectivity index (χ1n) is 4.24. The van der Waals surface area contributed by atoms with Crippen molar-refractivity contribution in [3.05, 3.63) is 33.8 Å². The van der Waals surface area contributed by atoms with Gasteiger partial charge < -0.3 is 14.9 Å². The molecule has 15 heavy (non-hydrogen) atoms. The van der Waals surface area contributed by atoms with Crippen molar-refractivity contribution < 1.29 is 19.7 Å². The molecule has 4 nitrogen and oxygen atoms in total. The number of hydrogen-bond acceptors (Lipinski definition) is 3. The minimum atomic E-state index is -1.52. The van der Waals surface area contributed by atoms with Crippen molar-refractivity contribution in [3.8, 4) is 0 Å². The smallest absolute Gasteiger partial charge is 0.337 e. The highest BCUT2D eigenvalue weighted by Crippen LogP contribution is 2.23. The van der Waals surface area contributed by atoms with Gasteiger partial charge in [-0.25, -0.2) is 4.79 Å². The van der Waals surface area contributed by atoms with Crippen molar-refractivity contribution in [2.45, 2.75) is 12.7 Å². The molecule has 1 aromatic carbocycles. The summed E-state index contributed by atoms with van der Waals surface area (Å²) < 4.78 is 5.64. The van der Waals surface area contributed by atoms with E-state index in [1.165, 1.54) is 7.11 Å². The minimum Gasteiger partial charge on any atom is -0.479 e. The summed E-state index contributed by atoms with van der Waals surface area (Å²) in [4.78, 5) is 10.7. The van der Waals surface area contributed by atoms with Crippen LogP contribution in [0.2, 0.25) is 0 Å². The largest absolute Gasteiger partial charge is 0.479 e. The van der Waals surface area contributed by atoms with E-state index in [1.807, 2.05) is 0 Å². The first kappa shape index (κ1) is 12.2. The van der Waals surface area contributed by atoms with E-state index in [2.05, 4.69) is 15.9 Å². The van der Waals surface area contributed by atoms with Gasteiger partial charge in [-0.1, -0.05) is 22.0 Å². The minimum absolute atomic E-state index is 0.271. The molecule has 2 N–H and O–H groups in total. The summed E-state index contributed by atoms with van der Waals surface area (Å²) in [7, 11) is 1.51. The Hall–Kier alpha value is -0.910. The quantitative estimate of drug-likeness (QED) is 0.877. The van der Waals surface area contributed by atoms with E-state index in [0.29, 0.717) is 11.1 Å². The first-order chi connectivity index (χ1) is 7.06. The number of aliphatic hydroxyl groups excluding tert-OH is 1. The summed E-state index contributed by atoms with van der Waals surface area (Å²) in [5.74, 6) is -1.27. The molecule has 1 unspecified atom stereocenters. The van der Waals surface area contributed by atoms with E-state index >= 15 is 0 Å². The summed E-state index contributed by atoms with van der Waals surface area (Å²) in [6.45, 7) is 0.271. The molecule has 0 aromatic heterocycles. The summed E-state index contributed by atoms with van der Waals surface area (Å²) in [5, 5.41) is 18.2. The molecule has 5 heteroatoms. The Bertz CT molecular complexity index is 364. The van der Waals surface area contributed by atoms with Crippen LogP contribution in [0.1, 0.15) is 17.2 Å². The molecule has 0 bridgehead atoms. The average molecular weight is 275 g/mol. The van der Waals surface area contributed by atoms with Crippen molar-refractivity contribution >= 4 is 21.9 Å². The molecule has 0 aliphatic carbocycles. The maximum Gasteiger partial charge on any atom is 0.337 e. The van der Waals surface area contributed by atoms with Gasteiger partial charge in [-0.05, 0) is 23.3 Å². The lowest BCUT2D eigenvalue weighted by molar-refractivity contribution is -0.147. The second-order valence-corrected chi connectivity index (χ2v) is 3.93. The van der Waals surface area contributed by atoms with E-state index in [-0.39, 0.29) is 6.61 Å². The lowest BCUT2D eigenvalue weighted by Crippen LogP contribution is -2.13. The van der Waals surface area contributed by atoms with E-state index in [1.54, 1.807) is 18.2 Å². The molecule has 1 rings (SSSR count). The molecule has 1 aromatic rings. The van der Waals surface area contributed by atoms with Crippen molar-refractivity contribution in [2.75, 3.05) is 7.11 Å². The third-order valence-corrected chi connectivity index (χ3v) is 2.43. The molecule has 0 heterocycles. The van der Waals surface area contributed by atoms with Gasteiger partial charge in [0.25, 0.3) is 0 Å². The molecule has 0 aliphatic heterocycles. The predicted octanol–water partition coefficient (Wildman–Crippen LogP) is 1.71. The van der Waals surface area contributed by atoms with Gasteiger partial charge in [-0.3, -0.25) is 0 Å². The van der Waals surface area contributed by atoms with Crippen LogP contribution in [-0.4, -0.2) is 23.3 Å². The standard InChI is InChI=1S/C10H11BrO4/c1-15-5-6-2-3-7(11)4-8(6)9(12)10(13)14/h2-4,9,12H,5H2,1H3,(H,13,14). The number of hydrogen-bond donors (Lipinski definition) is 2. The normalized spacial score (nSPS) is 12.5. The third-order valence-electron chi connectivity index (χ3n) is 1.94. The summed E-state index contributed by atoms with van der Waals surface area (Å²) in [5.41, 5.74) is 1.01. The van der Waals surface area contributed by atoms with Gasteiger partial charge in [0.05, 0.1) is 6.61 Å². The zero-order valence-electron chi connectivity index (χ0n) is 8.11. The average Bonchev–Trinajstić information content (AvgIpc) is 2.20. The number of aliphatic carboxylic acids is 1. The van der Waals surface area contributed by atoms with Crippen LogP contribution in [0.3, 0.4) is 0 Å². The lowest BCUT2D eigenvalue weighted by atomic mass is 10.0. The van der Waals surface area contributed by atoms with Gasteiger partial charge in [0.2, 0.25) is 0 Å². The Labute approximate surface area is 95.6 Å². The van der Waals surface area contributed by atoms with E-state index in [4.69, 9.17) is 9.84 Å². The predicted molar refractivity (Wildman–Crippen MR) is 57.5 cm³/mol. The zero-order valence-corrected chi connectivity index (χ0v) is 9.69. The van der Waals surface area contributed by atoms with Crippen LogP contribution >= 0.6 is 15.9 Å². The Balaban J connectivity index is 3.11. The maximum atomic E-state index is 10.7. The van der Waals surface area contributed by atoms with Gasteiger partial charge >= 0.3 is 5.97 Å². The fourth-order valence-corrected chi connectivity index (χ4v) is 1.62. The number of rotatable bonds is 4. The summed E-state index contributed by atoms with van der Waals surface area (Å²) in [6.07, 6.45) is -1.52. The van der Waals surface area contributed by atoms with Gasteiger partial charge in [-0.15, -0.1) is 0 Å². The van der Waals surface area contributed by atoms with Gasteiger partial charge in [0, 0.05) is 11.6 Å². The van der Waals surface area contributed by atoms with Gasteiger partial charge in [-0.2, -0.15) is 0 Å². The van der Waals surface area contributed by atoms with Crippen molar-refractivity contribution in [3.63, 3.8) is 0 Å². The maximum absolute atomic E-state index is 10.7. The molecule has 0 spiro atoms. The van der Waals surface area contributed by atoms with Crippen LogP contribution in [0.15, 0.2) is 22.7 Å². The molecule has 1 atom stereocenters. The molecule has 0 saturated carbocycles. The van der Waals surface area contributed by atoms with E-state index < -0.39 is 12.1 Å². The molecule has 0 radical (unpaired) electrons. The highest BCUT2D eigenvalue weighted by Gasteiger charge is 2.19. The van der Waals surface area contributed by atoms with Crippen molar-refractivity contribution in [1.82, 2.24) is 0 Å². The van der Waals surface area contributed by atoms with Crippen molar-refractivity contribution in [2.24, 2.45) is 0 Å². The number of methoxy groups -OCH3 is 1. The number of benzene rings is 1. The third kappa shape index (κ3) is 3.02. The zero-order chi connectivity index (χ0) is 11.4. The highest BCUT2D eigenvalue weighted by molar-refractivity contribution is 9.10. The molecule has 0 amide bonds. The van der Waals surface area contributed by atoms with Crippen LogP contribution < -0.4 is 0 Å². The number of carbonyl (C=O) groups is 1. The molecule has 0 saturated heterocycles. The summed E-state index contributed by atoms with van der Waals surface area (Å²) in [6, 6.07) is 5.06. The van der Waals surface area contributed by atoms with Crippen LogP contribution in [0, 0.1) is 0 Å². The number of ether oxygens (including phenoxy) is 1. The SMILES string of the molecule is COCc1ccc(Br)cc1C(O)C(=O)O. The Morgan fingerprint density at radius 3 is 2.80 bits per heavy atom. The molecule has 82 valence electrons. The number of aliphatic hydroxyl groups is 1. The van der Waals surface area contributed by atoms with Crippen LogP contribution in [0.25, 0.3) is 0 Å². The molecular formula is C10H11BrO4. The fourth-order valence-electron chi connectivity index (χ4n) is 1.24. The van der Waals surface area contributed by atoms with Crippen LogP contribution in [-0.2, 0) is 16.1 Å². The second kappa shape index (κ2) is 5.25. The Morgan fingerprint density at radius 2 is 2.27 bits per heavy atom.